The van der Waals surface area contributed by atoms with Crippen LogP contribution in [-0.2, 0) is 4.79 Å². The van der Waals surface area contributed by atoms with Crippen LogP contribution in [0.4, 0.5) is 5.69 Å². The summed E-state index contributed by atoms with van der Waals surface area (Å²) in [4.78, 5) is 26.3. The number of carbonyl (C=O) groups is 2. The molecule has 37 heavy (non-hydrogen) atoms. The van der Waals surface area contributed by atoms with E-state index in [9.17, 15) is 9.59 Å². The van der Waals surface area contributed by atoms with Gasteiger partial charge in [0.05, 0.1) is 11.2 Å². The standard InChI is InChI=1S/C32H29N3O2/c36-31(25-13-14-28-29(34-35-30(28)20-25)15-12-21-6-2-1-3-7-21)24-10-5-11-27(19-24)33-32(37)26-17-22-8-4-9-23(16-22)18-26/h1-8,10-15,19-20,22-23,26H,9,16-18H2,(H,33,37)(H,34,35)/b15-12+. The van der Waals surface area contributed by atoms with Gasteiger partial charge >= 0.3 is 0 Å². The fourth-order valence-corrected chi connectivity index (χ4v) is 5.71. The highest BCUT2D eigenvalue weighted by Crippen LogP contribution is 2.39. The van der Waals surface area contributed by atoms with E-state index >= 15 is 0 Å². The number of hydrogen-bond donors (Lipinski definition) is 2. The van der Waals surface area contributed by atoms with Gasteiger partial charge in [0, 0.05) is 28.1 Å². The molecule has 0 saturated heterocycles. The molecule has 0 aliphatic heterocycles. The average molecular weight is 488 g/mol. The van der Waals surface area contributed by atoms with Gasteiger partial charge in [0.1, 0.15) is 0 Å². The van der Waals surface area contributed by atoms with Crippen molar-refractivity contribution in [1.82, 2.24) is 10.2 Å². The molecule has 1 aromatic heterocycles. The van der Waals surface area contributed by atoms with Crippen LogP contribution in [0, 0.1) is 17.8 Å². The molecule has 2 N–H and O–H groups in total. The maximum absolute atomic E-state index is 13.3. The van der Waals surface area contributed by atoms with E-state index in [-0.39, 0.29) is 17.6 Å². The molecule has 6 rings (SSSR count). The molecule has 2 aliphatic rings. The van der Waals surface area contributed by atoms with Crippen molar-refractivity contribution in [2.45, 2.75) is 25.7 Å². The van der Waals surface area contributed by atoms with Crippen molar-refractivity contribution in [3.8, 4) is 0 Å². The summed E-state index contributed by atoms with van der Waals surface area (Å²) in [5.41, 5.74) is 4.51. The summed E-state index contributed by atoms with van der Waals surface area (Å²) in [7, 11) is 0. The van der Waals surface area contributed by atoms with Gasteiger partial charge in [0.2, 0.25) is 5.91 Å². The van der Waals surface area contributed by atoms with Crippen molar-refractivity contribution < 1.29 is 9.59 Å². The van der Waals surface area contributed by atoms with Crippen LogP contribution in [0.1, 0.15) is 52.9 Å². The molecule has 2 bridgehead atoms. The van der Waals surface area contributed by atoms with E-state index in [0.29, 0.717) is 28.7 Å². The number of aromatic nitrogens is 2. The van der Waals surface area contributed by atoms with Gasteiger partial charge in [-0.05, 0) is 73.4 Å². The maximum Gasteiger partial charge on any atom is 0.227 e. The van der Waals surface area contributed by atoms with E-state index in [0.717, 1.165) is 41.4 Å². The molecule has 2 aliphatic carbocycles. The Hall–Kier alpha value is -4.25. The molecule has 0 radical (unpaired) electrons. The van der Waals surface area contributed by atoms with E-state index in [1.54, 1.807) is 12.1 Å². The molecule has 3 aromatic carbocycles. The molecule has 4 aromatic rings. The minimum atomic E-state index is -0.0914. The molecule has 0 spiro atoms. The number of carbonyl (C=O) groups excluding carboxylic acids is 2. The zero-order chi connectivity index (χ0) is 25.2. The van der Waals surface area contributed by atoms with Gasteiger partial charge in [0.25, 0.3) is 0 Å². The van der Waals surface area contributed by atoms with Crippen molar-refractivity contribution in [2.24, 2.45) is 17.8 Å². The molecule has 1 heterocycles. The summed E-state index contributed by atoms with van der Waals surface area (Å²) in [5, 5.41) is 11.5. The lowest BCUT2D eigenvalue weighted by atomic mass is 9.71. The van der Waals surface area contributed by atoms with E-state index in [1.807, 2.05) is 72.8 Å². The second-order valence-corrected chi connectivity index (χ2v) is 10.2. The number of benzene rings is 3. The lowest BCUT2D eigenvalue weighted by molar-refractivity contribution is -0.121. The van der Waals surface area contributed by atoms with E-state index in [4.69, 9.17) is 0 Å². The van der Waals surface area contributed by atoms with Crippen LogP contribution in [-0.4, -0.2) is 21.9 Å². The highest BCUT2D eigenvalue weighted by Gasteiger charge is 2.33. The molecule has 5 nitrogen and oxygen atoms in total. The summed E-state index contributed by atoms with van der Waals surface area (Å²) in [5.74, 6) is 1.12. The second-order valence-electron chi connectivity index (χ2n) is 10.2. The lowest BCUT2D eigenvalue weighted by Crippen LogP contribution is -2.32. The molecule has 184 valence electrons. The molecule has 3 unspecified atom stereocenters. The Labute approximate surface area is 216 Å². The summed E-state index contributed by atoms with van der Waals surface area (Å²) in [6, 6.07) is 22.9. The minimum absolute atomic E-state index is 0.0287. The van der Waals surface area contributed by atoms with Gasteiger partial charge < -0.3 is 5.32 Å². The highest BCUT2D eigenvalue weighted by atomic mass is 16.2. The first-order valence-electron chi connectivity index (χ1n) is 13.0. The second kappa shape index (κ2) is 10.0. The fraction of sp³-hybridized carbons (Fsp3) is 0.219. The zero-order valence-electron chi connectivity index (χ0n) is 20.6. The normalized spacial score (nSPS) is 20.8. The molecule has 1 amide bonds. The van der Waals surface area contributed by atoms with Gasteiger partial charge in [0.15, 0.2) is 5.78 Å². The smallest absolute Gasteiger partial charge is 0.227 e. The summed E-state index contributed by atoms with van der Waals surface area (Å²) >= 11 is 0. The van der Waals surface area contributed by atoms with Crippen LogP contribution < -0.4 is 5.32 Å². The maximum atomic E-state index is 13.3. The Morgan fingerprint density at radius 3 is 2.62 bits per heavy atom. The number of nitrogens with one attached hydrogen (secondary N) is 2. The average Bonchev–Trinajstić information content (AvgIpc) is 3.34. The molecule has 5 heteroatoms. The third-order valence-corrected chi connectivity index (χ3v) is 7.57. The predicted molar refractivity (Wildman–Crippen MR) is 148 cm³/mol. The first-order valence-corrected chi connectivity index (χ1v) is 13.0. The summed E-state index contributed by atoms with van der Waals surface area (Å²) in [6.45, 7) is 0. The molecule has 3 atom stereocenters. The highest BCUT2D eigenvalue weighted by molar-refractivity contribution is 6.11. The van der Waals surface area contributed by atoms with Gasteiger partial charge in [-0.3, -0.25) is 14.7 Å². The predicted octanol–water partition coefficient (Wildman–Crippen LogP) is 6.90. The number of ketones is 1. The van der Waals surface area contributed by atoms with Crippen molar-refractivity contribution >= 4 is 40.4 Å². The summed E-state index contributed by atoms with van der Waals surface area (Å²) in [6.07, 6.45) is 12.7. The first-order chi connectivity index (χ1) is 18.1. The monoisotopic (exact) mass is 487 g/mol. The Morgan fingerprint density at radius 1 is 0.892 bits per heavy atom. The van der Waals surface area contributed by atoms with Crippen molar-refractivity contribution in [3.63, 3.8) is 0 Å². The molecule has 1 saturated carbocycles. The third kappa shape index (κ3) is 5.03. The fourth-order valence-electron chi connectivity index (χ4n) is 5.71. The van der Waals surface area contributed by atoms with Gasteiger partial charge in [-0.1, -0.05) is 66.8 Å². The van der Waals surface area contributed by atoms with Crippen LogP contribution in [0.25, 0.3) is 23.1 Å². The number of amides is 1. The lowest BCUT2D eigenvalue weighted by Gasteiger charge is -2.35. The quantitative estimate of drug-likeness (QED) is 0.230. The SMILES string of the molecule is O=C(c1cccc(NC(=O)C2CC3C=CCC(C3)C2)c1)c1ccc2c(/C=C/c3ccccc3)n[nH]c2c1. The van der Waals surface area contributed by atoms with Crippen molar-refractivity contribution in [2.75, 3.05) is 5.32 Å². The van der Waals surface area contributed by atoms with Crippen LogP contribution in [0.5, 0.6) is 0 Å². The van der Waals surface area contributed by atoms with Gasteiger partial charge in [-0.2, -0.15) is 5.10 Å². The minimum Gasteiger partial charge on any atom is -0.326 e. The number of allylic oxidation sites excluding steroid dienone is 2. The van der Waals surface area contributed by atoms with Crippen LogP contribution in [0.15, 0.2) is 84.9 Å². The number of aromatic amines is 1. The summed E-state index contributed by atoms with van der Waals surface area (Å²) < 4.78 is 0. The van der Waals surface area contributed by atoms with Crippen LogP contribution in [0.3, 0.4) is 0 Å². The molecule has 1 fully saturated rings. The zero-order valence-corrected chi connectivity index (χ0v) is 20.6. The molecular weight excluding hydrogens is 458 g/mol. The van der Waals surface area contributed by atoms with Crippen molar-refractivity contribution in [1.29, 1.82) is 0 Å². The third-order valence-electron chi connectivity index (χ3n) is 7.57. The Morgan fingerprint density at radius 2 is 1.76 bits per heavy atom. The topological polar surface area (TPSA) is 74.8 Å². The molecular formula is C32H29N3O2. The first kappa shape index (κ1) is 23.2. The Kier molecular flexibility index (Phi) is 6.27. The number of rotatable bonds is 6. The van der Waals surface area contributed by atoms with Crippen LogP contribution in [0.2, 0.25) is 0 Å². The number of anilines is 1. The van der Waals surface area contributed by atoms with E-state index in [2.05, 4.69) is 27.7 Å². The van der Waals surface area contributed by atoms with Gasteiger partial charge in [-0.15, -0.1) is 0 Å². The Bertz CT molecular complexity index is 1520. The number of fused-ring (bicyclic) bond motifs is 3. The largest absolute Gasteiger partial charge is 0.326 e. The van der Waals surface area contributed by atoms with E-state index in [1.165, 1.54) is 6.42 Å². The van der Waals surface area contributed by atoms with Gasteiger partial charge in [-0.25, -0.2) is 0 Å². The van der Waals surface area contributed by atoms with Crippen LogP contribution >= 0.6 is 0 Å². The number of hydrogen-bond acceptors (Lipinski definition) is 3. The van der Waals surface area contributed by atoms with E-state index < -0.39 is 0 Å². The number of nitrogens with zero attached hydrogens (tertiary/aromatic N) is 1. The van der Waals surface area contributed by atoms with Crippen molar-refractivity contribution in [3.05, 3.63) is 107 Å². The Balaban J connectivity index is 1.17. The number of H-pyrrole nitrogens is 1.